The van der Waals surface area contributed by atoms with E-state index in [2.05, 4.69) is 146 Å². The Kier molecular flexibility index (Phi) is 4.91. The molecule has 0 N–H and O–H groups in total. The molecule has 0 saturated carbocycles. The van der Waals surface area contributed by atoms with Gasteiger partial charge in [0.1, 0.15) is 22.3 Å². The van der Waals surface area contributed by atoms with E-state index in [0.717, 1.165) is 60.7 Å². The van der Waals surface area contributed by atoms with Gasteiger partial charge in [-0.3, -0.25) is 0 Å². The molecule has 1 aliphatic carbocycles. The highest BCUT2D eigenvalue weighted by atomic mass is 16.3. The number of para-hydroxylation sites is 2. The molecule has 0 bridgehead atoms. The van der Waals surface area contributed by atoms with Crippen molar-refractivity contribution >= 4 is 65.7 Å². The van der Waals surface area contributed by atoms with Crippen LogP contribution in [0.15, 0.2) is 148 Å². The Hall–Kier alpha value is -6.06. The molecule has 0 atom stereocenters. The lowest BCUT2D eigenvalue weighted by Crippen LogP contribution is -2.14. The highest BCUT2D eigenvalue weighted by molar-refractivity contribution is 6.23. The summed E-state index contributed by atoms with van der Waals surface area (Å²) in [5, 5.41) is 7.03. The third-order valence-corrected chi connectivity index (χ3v) is 10.8. The first kappa shape index (κ1) is 26.1. The second-order valence-corrected chi connectivity index (χ2v) is 13.6. The lowest BCUT2D eigenvalue weighted by atomic mass is 9.82. The molecule has 0 unspecified atom stereocenters. The van der Waals surface area contributed by atoms with Crippen LogP contribution in [-0.4, -0.2) is 4.57 Å². The van der Waals surface area contributed by atoms with Gasteiger partial charge in [-0.1, -0.05) is 111 Å². The minimum absolute atomic E-state index is 0.0722. The van der Waals surface area contributed by atoms with E-state index < -0.39 is 0 Å². The lowest BCUT2D eigenvalue weighted by Gasteiger charge is -2.21. The van der Waals surface area contributed by atoms with Gasteiger partial charge in [0.25, 0.3) is 0 Å². The fourth-order valence-electron chi connectivity index (χ4n) is 8.77. The number of aromatic nitrogens is 1. The summed E-state index contributed by atoms with van der Waals surface area (Å²) in [5.74, 6) is 0. The molecule has 3 heteroatoms. The number of hydrogen-bond donors (Lipinski definition) is 0. The molecule has 1 aliphatic rings. The van der Waals surface area contributed by atoms with Gasteiger partial charge in [0.2, 0.25) is 0 Å². The third kappa shape index (κ3) is 3.18. The van der Waals surface area contributed by atoms with Gasteiger partial charge in [0, 0.05) is 32.3 Å². The van der Waals surface area contributed by atoms with Gasteiger partial charge < -0.3 is 13.4 Å². The predicted octanol–water partition coefficient (Wildman–Crippen LogP) is 12.6. The summed E-state index contributed by atoms with van der Waals surface area (Å²) in [6.45, 7) is 4.71. The molecular weight excluding hydrogens is 587 g/mol. The van der Waals surface area contributed by atoms with Gasteiger partial charge in [-0.25, -0.2) is 0 Å². The number of nitrogens with zero attached hydrogens (tertiary/aromatic N) is 1. The molecule has 0 radical (unpaired) electrons. The maximum absolute atomic E-state index is 6.67. The van der Waals surface area contributed by atoms with Crippen molar-refractivity contribution in [2.24, 2.45) is 0 Å². The minimum atomic E-state index is -0.0722. The number of benzene rings is 7. The number of fused-ring (bicyclic) bond motifs is 13. The van der Waals surface area contributed by atoms with Crippen molar-refractivity contribution in [1.29, 1.82) is 0 Å². The van der Waals surface area contributed by atoms with Crippen LogP contribution >= 0.6 is 0 Å². The Morgan fingerprint density at radius 3 is 1.88 bits per heavy atom. The van der Waals surface area contributed by atoms with Crippen molar-refractivity contribution in [3.63, 3.8) is 0 Å². The second-order valence-electron chi connectivity index (χ2n) is 13.6. The zero-order valence-corrected chi connectivity index (χ0v) is 26.5. The number of furan rings is 2. The van der Waals surface area contributed by atoms with E-state index in [1.165, 1.54) is 44.1 Å². The van der Waals surface area contributed by atoms with Crippen LogP contribution in [0.5, 0.6) is 0 Å². The Bertz CT molecular complexity index is 2980. The summed E-state index contributed by atoms with van der Waals surface area (Å²) >= 11 is 0. The second kappa shape index (κ2) is 9.05. The van der Waals surface area contributed by atoms with Crippen molar-refractivity contribution in [2.75, 3.05) is 0 Å². The van der Waals surface area contributed by atoms with Gasteiger partial charge in [0.15, 0.2) is 0 Å². The van der Waals surface area contributed by atoms with Crippen LogP contribution in [0.4, 0.5) is 0 Å². The highest BCUT2D eigenvalue weighted by Gasteiger charge is 2.37. The molecule has 0 amide bonds. The predicted molar refractivity (Wildman–Crippen MR) is 198 cm³/mol. The molecule has 7 aromatic carbocycles. The van der Waals surface area contributed by atoms with Crippen molar-refractivity contribution in [3.8, 4) is 27.9 Å². The average Bonchev–Trinajstić information content (AvgIpc) is 3.85. The van der Waals surface area contributed by atoms with E-state index in [0.29, 0.717) is 0 Å². The molecule has 3 nitrogen and oxygen atoms in total. The van der Waals surface area contributed by atoms with Crippen molar-refractivity contribution in [2.45, 2.75) is 19.3 Å². The quantitative estimate of drug-likeness (QED) is 0.194. The fourth-order valence-corrected chi connectivity index (χ4v) is 8.77. The maximum atomic E-state index is 6.67. The molecule has 0 fully saturated rings. The van der Waals surface area contributed by atoms with Crippen LogP contribution in [0.1, 0.15) is 25.0 Å². The fraction of sp³-hybridized carbons (Fsp3) is 0.0667. The highest BCUT2D eigenvalue weighted by Crippen LogP contribution is 2.53. The van der Waals surface area contributed by atoms with E-state index in [4.69, 9.17) is 8.83 Å². The Morgan fingerprint density at radius 2 is 1.02 bits per heavy atom. The molecule has 3 heterocycles. The Balaban J connectivity index is 1.28. The van der Waals surface area contributed by atoms with Crippen molar-refractivity contribution in [3.05, 3.63) is 151 Å². The lowest BCUT2D eigenvalue weighted by molar-refractivity contribution is 0.661. The summed E-state index contributed by atoms with van der Waals surface area (Å²) in [6, 6.07) is 50.0. The summed E-state index contributed by atoms with van der Waals surface area (Å²) in [7, 11) is 0. The summed E-state index contributed by atoms with van der Waals surface area (Å²) in [4.78, 5) is 0. The molecular formula is C45H29NO2. The van der Waals surface area contributed by atoms with Gasteiger partial charge in [0.05, 0.1) is 22.1 Å². The SMILES string of the molecule is CC1(C)c2ccccc2-c2c1ccc1c2c2ccccc2n1-c1cccc2oc3cccc(-c4cccc5oc6ccccc6c45)c3c12. The minimum Gasteiger partial charge on any atom is -0.456 e. The van der Waals surface area contributed by atoms with Gasteiger partial charge in [-0.05, 0) is 75.8 Å². The van der Waals surface area contributed by atoms with Crippen LogP contribution in [0.2, 0.25) is 0 Å². The van der Waals surface area contributed by atoms with E-state index in [1.54, 1.807) is 0 Å². The molecule has 11 rings (SSSR count). The van der Waals surface area contributed by atoms with E-state index in [1.807, 2.05) is 12.1 Å². The standard InChI is InChI=1S/C45H29NO2/c1-45(2)31-17-6-3-12-28(31)41-32(45)24-25-35-42(41)29-13-4-7-18-33(29)46(35)34-19-11-23-39-44(34)43-27(16-10-22-38(43)48-39)26-15-9-21-37-40(26)30-14-5-8-20-36(30)47-37/h3-25H,1-2H3. The maximum Gasteiger partial charge on any atom is 0.137 e. The summed E-state index contributed by atoms with van der Waals surface area (Å²) < 4.78 is 15.5. The summed E-state index contributed by atoms with van der Waals surface area (Å²) in [6.07, 6.45) is 0. The van der Waals surface area contributed by atoms with Gasteiger partial charge in [-0.2, -0.15) is 0 Å². The van der Waals surface area contributed by atoms with Crippen LogP contribution in [0.25, 0.3) is 93.6 Å². The zero-order valence-electron chi connectivity index (χ0n) is 26.5. The van der Waals surface area contributed by atoms with E-state index in [-0.39, 0.29) is 5.41 Å². The molecule has 10 aromatic rings. The first-order chi connectivity index (χ1) is 23.6. The molecule has 0 spiro atoms. The smallest absolute Gasteiger partial charge is 0.137 e. The molecule has 0 aliphatic heterocycles. The van der Waals surface area contributed by atoms with Crippen molar-refractivity contribution < 1.29 is 8.83 Å². The number of hydrogen-bond acceptors (Lipinski definition) is 2. The molecule has 48 heavy (non-hydrogen) atoms. The van der Waals surface area contributed by atoms with E-state index >= 15 is 0 Å². The van der Waals surface area contributed by atoms with Crippen molar-refractivity contribution in [1.82, 2.24) is 4.57 Å². The Labute approximate surface area is 276 Å². The first-order valence-electron chi connectivity index (χ1n) is 16.6. The first-order valence-corrected chi connectivity index (χ1v) is 16.6. The topological polar surface area (TPSA) is 31.2 Å². The van der Waals surface area contributed by atoms with Crippen LogP contribution in [-0.2, 0) is 5.41 Å². The molecule has 0 saturated heterocycles. The normalized spacial score (nSPS) is 13.8. The van der Waals surface area contributed by atoms with E-state index in [9.17, 15) is 0 Å². The largest absolute Gasteiger partial charge is 0.456 e. The number of rotatable bonds is 2. The summed E-state index contributed by atoms with van der Waals surface area (Å²) in [5.41, 5.74) is 14.7. The monoisotopic (exact) mass is 615 g/mol. The van der Waals surface area contributed by atoms with Crippen LogP contribution in [0, 0.1) is 0 Å². The zero-order chi connectivity index (χ0) is 31.7. The van der Waals surface area contributed by atoms with Crippen LogP contribution in [0.3, 0.4) is 0 Å². The van der Waals surface area contributed by atoms with Gasteiger partial charge >= 0.3 is 0 Å². The third-order valence-electron chi connectivity index (χ3n) is 10.8. The average molecular weight is 616 g/mol. The molecule has 226 valence electrons. The van der Waals surface area contributed by atoms with Gasteiger partial charge in [-0.15, -0.1) is 0 Å². The molecule has 3 aromatic heterocycles. The van der Waals surface area contributed by atoms with Crippen LogP contribution < -0.4 is 0 Å². The Morgan fingerprint density at radius 1 is 0.417 bits per heavy atom.